The molecule has 1 fully saturated rings. The van der Waals surface area contributed by atoms with E-state index in [2.05, 4.69) is 15.9 Å². The summed E-state index contributed by atoms with van der Waals surface area (Å²) >= 11 is 1.54. The molecule has 1 aliphatic heterocycles. The van der Waals surface area contributed by atoms with Gasteiger partial charge in [-0.15, -0.1) is 0 Å². The monoisotopic (exact) mass is 346 g/mol. The Hall–Kier alpha value is -1.89. The first-order valence-corrected chi connectivity index (χ1v) is 8.96. The Labute approximate surface area is 146 Å². The number of ether oxygens (including phenoxy) is 1. The van der Waals surface area contributed by atoms with Crippen LogP contribution in [0, 0.1) is 0 Å². The predicted octanol–water partition coefficient (Wildman–Crippen LogP) is 2.70. The Balaban J connectivity index is 1.62. The van der Waals surface area contributed by atoms with E-state index >= 15 is 0 Å². The van der Waals surface area contributed by atoms with E-state index in [4.69, 9.17) is 4.74 Å². The van der Waals surface area contributed by atoms with Crippen LogP contribution in [0.4, 0.5) is 0 Å². The van der Waals surface area contributed by atoms with E-state index in [9.17, 15) is 9.90 Å². The maximum Gasteiger partial charge on any atom is 0.325 e. The van der Waals surface area contributed by atoms with Crippen LogP contribution in [0.1, 0.15) is 17.2 Å². The molecule has 0 aliphatic carbocycles. The van der Waals surface area contributed by atoms with Crippen molar-refractivity contribution in [3.05, 3.63) is 52.2 Å². The van der Waals surface area contributed by atoms with Crippen molar-refractivity contribution >= 4 is 17.3 Å². The van der Waals surface area contributed by atoms with Crippen molar-refractivity contribution in [3.8, 4) is 5.75 Å². The Morgan fingerprint density at radius 3 is 2.62 bits per heavy atom. The summed E-state index contributed by atoms with van der Waals surface area (Å²) < 4.78 is 5.41. The number of thiophene rings is 1. The van der Waals surface area contributed by atoms with Crippen LogP contribution in [0.25, 0.3) is 0 Å². The summed E-state index contributed by atoms with van der Waals surface area (Å²) in [7, 11) is 1.69. The van der Waals surface area contributed by atoms with E-state index in [-0.39, 0.29) is 0 Å². The minimum Gasteiger partial charge on any atom is -0.496 e. The van der Waals surface area contributed by atoms with Crippen molar-refractivity contribution in [2.45, 2.75) is 12.6 Å². The minimum atomic E-state index is -0.772. The number of methoxy groups -OCH3 is 1. The fourth-order valence-corrected chi connectivity index (χ4v) is 3.87. The molecule has 0 bridgehead atoms. The number of aliphatic carboxylic acids is 1. The smallest absolute Gasteiger partial charge is 0.325 e. The van der Waals surface area contributed by atoms with Gasteiger partial charge < -0.3 is 9.84 Å². The first kappa shape index (κ1) is 17.0. The third kappa shape index (κ3) is 3.77. The van der Waals surface area contributed by atoms with Crippen molar-refractivity contribution in [2.24, 2.45) is 0 Å². The van der Waals surface area contributed by atoms with E-state index in [0.29, 0.717) is 0 Å². The summed E-state index contributed by atoms with van der Waals surface area (Å²) in [5, 5.41) is 13.5. The average molecular weight is 346 g/mol. The Morgan fingerprint density at radius 2 is 2.00 bits per heavy atom. The third-order valence-electron chi connectivity index (χ3n) is 4.45. The van der Waals surface area contributed by atoms with Gasteiger partial charge in [0.05, 0.1) is 7.11 Å². The van der Waals surface area contributed by atoms with Crippen molar-refractivity contribution < 1.29 is 14.6 Å². The van der Waals surface area contributed by atoms with E-state index in [1.165, 1.54) is 5.56 Å². The highest BCUT2D eigenvalue weighted by molar-refractivity contribution is 7.08. The van der Waals surface area contributed by atoms with Gasteiger partial charge in [0.2, 0.25) is 0 Å². The molecule has 1 saturated heterocycles. The highest BCUT2D eigenvalue weighted by Crippen LogP contribution is 2.26. The van der Waals surface area contributed by atoms with Gasteiger partial charge in [0, 0.05) is 38.3 Å². The summed E-state index contributed by atoms with van der Waals surface area (Å²) in [6, 6.07) is 9.41. The largest absolute Gasteiger partial charge is 0.496 e. The zero-order chi connectivity index (χ0) is 16.9. The van der Waals surface area contributed by atoms with Gasteiger partial charge in [0.15, 0.2) is 0 Å². The molecule has 128 valence electrons. The molecule has 5 nitrogen and oxygen atoms in total. The van der Waals surface area contributed by atoms with E-state index < -0.39 is 12.0 Å². The van der Waals surface area contributed by atoms with Crippen LogP contribution < -0.4 is 4.74 Å². The molecular weight excluding hydrogens is 324 g/mol. The molecule has 1 aromatic heterocycles. The molecular formula is C18H22N2O3S. The molecule has 1 unspecified atom stereocenters. The number of hydrogen-bond acceptors (Lipinski definition) is 5. The molecule has 0 amide bonds. The standard InChI is InChI=1S/C18H22N2O3S/c1-23-16-5-3-2-4-14(16)12-19-7-9-20(10-8-19)17(18(21)22)15-6-11-24-13-15/h2-6,11,13,17H,7-10,12H2,1H3,(H,21,22). The van der Waals surface area contributed by atoms with Crippen molar-refractivity contribution in [3.63, 3.8) is 0 Å². The number of nitrogens with zero attached hydrogens (tertiary/aromatic N) is 2. The molecule has 2 heterocycles. The number of carboxylic acid groups (broad SMARTS) is 1. The molecule has 1 N–H and O–H groups in total. The fourth-order valence-electron chi connectivity index (χ4n) is 3.19. The van der Waals surface area contributed by atoms with Crippen LogP contribution in [0.2, 0.25) is 0 Å². The van der Waals surface area contributed by atoms with E-state index in [1.54, 1.807) is 18.4 Å². The number of benzene rings is 1. The number of carbonyl (C=O) groups is 1. The molecule has 1 aromatic carbocycles. The highest BCUT2D eigenvalue weighted by atomic mass is 32.1. The molecule has 1 atom stereocenters. The van der Waals surface area contributed by atoms with Crippen molar-refractivity contribution in [1.29, 1.82) is 0 Å². The quantitative estimate of drug-likeness (QED) is 0.872. The van der Waals surface area contributed by atoms with Gasteiger partial charge in [-0.1, -0.05) is 18.2 Å². The number of para-hydroxylation sites is 1. The second kappa shape index (κ2) is 7.79. The van der Waals surface area contributed by atoms with Gasteiger partial charge in [-0.25, -0.2) is 0 Å². The SMILES string of the molecule is COc1ccccc1CN1CCN(C(C(=O)O)c2ccsc2)CC1. The summed E-state index contributed by atoms with van der Waals surface area (Å²) in [6.45, 7) is 4.04. The van der Waals surface area contributed by atoms with Crippen LogP contribution in [-0.2, 0) is 11.3 Å². The Kier molecular flexibility index (Phi) is 5.50. The van der Waals surface area contributed by atoms with Crippen LogP contribution >= 0.6 is 11.3 Å². The van der Waals surface area contributed by atoms with Crippen molar-refractivity contribution in [2.75, 3.05) is 33.3 Å². The van der Waals surface area contributed by atoms with Gasteiger partial charge in [-0.05, 0) is 28.5 Å². The molecule has 24 heavy (non-hydrogen) atoms. The summed E-state index contributed by atoms with van der Waals surface area (Å²) in [5.74, 6) is 0.133. The van der Waals surface area contributed by atoms with E-state index in [0.717, 1.165) is 44.0 Å². The molecule has 0 radical (unpaired) electrons. The molecule has 2 aromatic rings. The lowest BCUT2D eigenvalue weighted by Crippen LogP contribution is -2.48. The van der Waals surface area contributed by atoms with Crippen molar-refractivity contribution in [1.82, 2.24) is 9.80 Å². The highest BCUT2D eigenvalue weighted by Gasteiger charge is 2.30. The second-order valence-electron chi connectivity index (χ2n) is 5.92. The maximum atomic E-state index is 11.7. The number of rotatable bonds is 6. The lowest BCUT2D eigenvalue weighted by molar-refractivity contribution is -0.144. The maximum absolute atomic E-state index is 11.7. The fraction of sp³-hybridized carbons (Fsp3) is 0.389. The van der Waals surface area contributed by atoms with Gasteiger partial charge >= 0.3 is 5.97 Å². The average Bonchev–Trinajstić information content (AvgIpc) is 3.11. The number of carboxylic acids is 1. The van der Waals surface area contributed by atoms with Crippen LogP contribution in [0.3, 0.4) is 0 Å². The van der Waals surface area contributed by atoms with Crippen LogP contribution in [0.5, 0.6) is 5.75 Å². The summed E-state index contributed by atoms with van der Waals surface area (Å²) in [4.78, 5) is 16.1. The summed E-state index contributed by atoms with van der Waals surface area (Å²) in [6.07, 6.45) is 0. The topological polar surface area (TPSA) is 53.0 Å². The molecule has 1 aliphatic rings. The number of piperazine rings is 1. The van der Waals surface area contributed by atoms with Gasteiger partial charge in [-0.3, -0.25) is 14.6 Å². The zero-order valence-electron chi connectivity index (χ0n) is 13.7. The van der Waals surface area contributed by atoms with Gasteiger partial charge in [0.25, 0.3) is 0 Å². The lowest BCUT2D eigenvalue weighted by Gasteiger charge is -2.37. The summed E-state index contributed by atoms with van der Waals surface area (Å²) in [5.41, 5.74) is 2.05. The Morgan fingerprint density at radius 1 is 1.25 bits per heavy atom. The van der Waals surface area contributed by atoms with Gasteiger partial charge in [0.1, 0.15) is 11.8 Å². The predicted molar refractivity (Wildman–Crippen MR) is 94.5 cm³/mol. The Bertz CT molecular complexity index is 667. The molecule has 0 spiro atoms. The molecule has 3 rings (SSSR count). The van der Waals surface area contributed by atoms with Crippen LogP contribution in [0.15, 0.2) is 41.1 Å². The zero-order valence-corrected chi connectivity index (χ0v) is 14.5. The number of hydrogen-bond donors (Lipinski definition) is 1. The van der Waals surface area contributed by atoms with Crippen LogP contribution in [-0.4, -0.2) is 54.2 Å². The first-order valence-electron chi connectivity index (χ1n) is 8.02. The normalized spacial score (nSPS) is 17.5. The molecule has 0 saturated carbocycles. The van der Waals surface area contributed by atoms with Gasteiger partial charge in [-0.2, -0.15) is 11.3 Å². The minimum absolute atomic E-state index is 0.537. The molecule has 6 heteroatoms. The lowest BCUT2D eigenvalue weighted by atomic mass is 10.1. The first-order chi connectivity index (χ1) is 11.7. The van der Waals surface area contributed by atoms with E-state index in [1.807, 2.05) is 35.0 Å². The second-order valence-corrected chi connectivity index (χ2v) is 6.70. The third-order valence-corrected chi connectivity index (χ3v) is 5.15.